The summed E-state index contributed by atoms with van der Waals surface area (Å²) in [4.78, 5) is 24.9. The van der Waals surface area contributed by atoms with Crippen LogP contribution in [-0.4, -0.2) is 41.8 Å². The lowest BCUT2D eigenvalue weighted by atomic mass is 9.74. The molecule has 142 valence electrons. The molecule has 1 aromatic rings. The summed E-state index contributed by atoms with van der Waals surface area (Å²) in [5.74, 6) is -0.616. The highest BCUT2D eigenvalue weighted by atomic mass is 16.6. The second kappa shape index (κ2) is 6.27. The quantitative estimate of drug-likeness (QED) is 0.821. The summed E-state index contributed by atoms with van der Waals surface area (Å²) >= 11 is 0. The van der Waals surface area contributed by atoms with Crippen LogP contribution in [-0.2, 0) is 26.2 Å². The molecule has 0 amide bonds. The molecule has 1 aromatic heterocycles. The maximum absolute atomic E-state index is 12.6. The number of hydrogen-bond acceptors (Lipinski definition) is 5. The van der Waals surface area contributed by atoms with Gasteiger partial charge in [0.15, 0.2) is 0 Å². The van der Waals surface area contributed by atoms with Crippen LogP contribution >= 0.6 is 0 Å². The molecule has 0 aromatic carbocycles. The number of esters is 2. The van der Waals surface area contributed by atoms with E-state index in [4.69, 9.17) is 9.47 Å². The largest absolute Gasteiger partial charge is 0.465 e. The first kappa shape index (κ1) is 18.7. The lowest BCUT2D eigenvalue weighted by Gasteiger charge is -2.30. The van der Waals surface area contributed by atoms with Crippen molar-refractivity contribution in [2.45, 2.75) is 64.6 Å². The third-order valence-electron chi connectivity index (χ3n) is 4.93. The van der Waals surface area contributed by atoms with E-state index in [-0.39, 0.29) is 17.4 Å². The summed E-state index contributed by atoms with van der Waals surface area (Å²) in [5.41, 5.74) is 3.03. The van der Waals surface area contributed by atoms with Gasteiger partial charge in [-0.15, -0.1) is 0 Å². The number of carbonyl (C=O) groups is 2. The van der Waals surface area contributed by atoms with Crippen LogP contribution in [0.15, 0.2) is 12.3 Å². The van der Waals surface area contributed by atoms with Crippen molar-refractivity contribution in [1.82, 2.24) is 9.88 Å². The number of methoxy groups -OCH3 is 1. The van der Waals surface area contributed by atoms with Crippen molar-refractivity contribution in [2.75, 3.05) is 13.7 Å². The minimum absolute atomic E-state index is 0.167. The van der Waals surface area contributed by atoms with Gasteiger partial charge in [0.05, 0.1) is 12.7 Å². The summed E-state index contributed by atoms with van der Waals surface area (Å²) < 4.78 is 12.6. The summed E-state index contributed by atoms with van der Waals surface area (Å²) in [6.45, 7) is 10.8. The van der Waals surface area contributed by atoms with Gasteiger partial charge in [0.1, 0.15) is 11.6 Å². The van der Waals surface area contributed by atoms with Crippen LogP contribution in [0, 0.1) is 0 Å². The molecular formula is C20H28N2O4. The Balaban J connectivity index is 2.04. The van der Waals surface area contributed by atoms with E-state index in [1.807, 2.05) is 31.5 Å². The van der Waals surface area contributed by atoms with Gasteiger partial charge in [-0.3, -0.25) is 10.1 Å². The first-order chi connectivity index (χ1) is 12.0. The highest BCUT2D eigenvalue weighted by Gasteiger charge is 2.39. The molecule has 1 aliphatic heterocycles. The SMILES string of the molecule is COC(=O)c1cn2c3c1C(C)(C)CC=C3CNC(C(=O)OC(C)(C)C)C2. The van der Waals surface area contributed by atoms with E-state index in [1.54, 1.807) is 0 Å². The Kier molecular flexibility index (Phi) is 4.51. The average molecular weight is 360 g/mol. The molecule has 6 nitrogen and oxygen atoms in total. The van der Waals surface area contributed by atoms with Gasteiger partial charge < -0.3 is 14.0 Å². The van der Waals surface area contributed by atoms with Crippen molar-refractivity contribution in [3.05, 3.63) is 29.1 Å². The van der Waals surface area contributed by atoms with Crippen LogP contribution in [0.25, 0.3) is 5.57 Å². The molecule has 0 spiro atoms. The van der Waals surface area contributed by atoms with Gasteiger partial charge in [0, 0.05) is 25.0 Å². The normalized spacial score (nSPS) is 21.3. The van der Waals surface area contributed by atoms with Crippen LogP contribution in [0.2, 0.25) is 0 Å². The van der Waals surface area contributed by atoms with E-state index in [0.29, 0.717) is 18.7 Å². The van der Waals surface area contributed by atoms with E-state index in [9.17, 15) is 9.59 Å². The van der Waals surface area contributed by atoms with Crippen molar-refractivity contribution in [3.63, 3.8) is 0 Å². The number of carbonyl (C=O) groups excluding carboxylic acids is 2. The van der Waals surface area contributed by atoms with E-state index in [0.717, 1.165) is 23.3 Å². The van der Waals surface area contributed by atoms with Crippen molar-refractivity contribution >= 4 is 17.5 Å². The van der Waals surface area contributed by atoms with Crippen LogP contribution in [0.3, 0.4) is 0 Å². The van der Waals surface area contributed by atoms with Crippen molar-refractivity contribution in [2.24, 2.45) is 0 Å². The highest BCUT2D eigenvalue weighted by molar-refractivity contribution is 5.94. The smallest absolute Gasteiger partial charge is 0.339 e. The fourth-order valence-corrected chi connectivity index (χ4v) is 3.75. The van der Waals surface area contributed by atoms with Gasteiger partial charge in [-0.1, -0.05) is 19.9 Å². The number of ether oxygens (including phenoxy) is 2. The van der Waals surface area contributed by atoms with Gasteiger partial charge in [-0.05, 0) is 43.7 Å². The van der Waals surface area contributed by atoms with Crippen molar-refractivity contribution in [1.29, 1.82) is 0 Å². The Morgan fingerprint density at radius 3 is 2.62 bits per heavy atom. The minimum atomic E-state index is -0.540. The minimum Gasteiger partial charge on any atom is -0.465 e. The van der Waals surface area contributed by atoms with Gasteiger partial charge in [0.25, 0.3) is 0 Å². The zero-order valence-electron chi connectivity index (χ0n) is 16.4. The summed E-state index contributed by atoms with van der Waals surface area (Å²) in [5, 5.41) is 3.31. The first-order valence-corrected chi connectivity index (χ1v) is 9.01. The molecule has 0 bridgehead atoms. The fraction of sp³-hybridized carbons (Fsp3) is 0.600. The molecule has 26 heavy (non-hydrogen) atoms. The molecule has 3 rings (SSSR count). The lowest BCUT2D eigenvalue weighted by molar-refractivity contribution is -0.157. The molecule has 1 aliphatic carbocycles. The number of aromatic nitrogens is 1. The third-order valence-corrected chi connectivity index (χ3v) is 4.93. The Labute approximate surface area is 154 Å². The Hall–Kier alpha value is -2.08. The maximum Gasteiger partial charge on any atom is 0.339 e. The molecule has 1 N–H and O–H groups in total. The van der Waals surface area contributed by atoms with Crippen LogP contribution in [0.4, 0.5) is 0 Å². The standard InChI is InChI=1S/C20H28N2O4/c1-19(2,3)26-18(24)14-11-22-10-13(17(23)25-6)15-16(22)12(9-21-14)7-8-20(15,4)5/h7,10,14,21H,8-9,11H2,1-6H3. The number of nitrogens with zero attached hydrogens (tertiary/aromatic N) is 1. The molecule has 2 aliphatic rings. The number of nitrogens with one attached hydrogen (secondary N) is 1. The predicted molar refractivity (Wildman–Crippen MR) is 99.0 cm³/mol. The molecule has 0 saturated carbocycles. The number of rotatable bonds is 2. The second-order valence-electron chi connectivity index (χ2n) is 8.69. The topological polar surface area (TPSA) is 69.6 Å². The lowest BCUT2D eigenvalue weighted by Crippen LogP contribution is -2.43. The molecule has 6 heteroatoms. The molecule has 0 radical (unpaired) electrons. The summed E-state index contributed by atoms with van der Waals surface area (Å²) in [7, 11) is 1.40. The van der Waals surface area contributed by atoms with Gasteiger partial charge in [-0.2, -0.15) is 0 Å². The van der Waals surface area contributed by atoms with Crippen LogP contribution in [0.5, 0.6) is 0 Å². The molecule has 1 atom stereocenters. The summed E-state index contributed by atoms with van der Waals surface area (Å²) in [6.07, 6.45) is 4.86. The maximum atomic E-state index is 12.6. The van der Waals surface area contributed by atoms with E-state index in [1.165, 1.54) is 7.11 Å². The molecule has 2 heterocycles. The average Bonchev–Trinajstić information content (AvgIpc) is 2.82. The molecular weight excluding hydrogens is 332 g/mol. The van der Waals surface area contributed by atoms with Gasteiger partial charge in [0.2, 0.25) is 0 Å². The zero-order chi connectivity index (χ0) is 19.3. The Morgan fingerprint density at radius 1 is 1.31 bits per heavy atom. The van der Waals surface area contributed by atoms with E-state index < -0.39 is 11.6 Å². The monoisotopic (exact) mass is 360 g/mol. The van der Waals surface area contributed by atoms with Gasteiger partial charge in [-0.25, -0.2) is 4.79 Å². The van der Waals surface area contributed by atoms with Crippen LogP contribution in [0.1, 0.15) is 62.7 Å². The predicted octanol–water partition coefficient (Wildman–Crippen LogP) is 2.65. The number of allylic oxidation sites excluding steroid dienone is 1. The first-order valence-electron chi connectivity index (χ1n) is 9.01. The zero-order valence-corrected chi connectivity index (χ0v) is 16.4. The number of hydrogen-bond donors (Lipinski definition) is 1. The fourth-order valence-electron chi connectivity index (χ4n) is 3.75. The molecule has 0 saturated heterocycles. The molecule has 1 unspecified atom stereocenters. The third kappa shape index (κ3) is 3.30. The van der Waals surface area contributed by atoms with Crippen LogP contribution < -0.4 is 5.32 Å². The summed E-state index contributed by atoms with van der Waals surface area (Å²) in [6, 6.07) is -0.467. The van der Waals surface area contributed by atoms with Gasteiger partial charge >= 0.3 is 11.9 Å². The second-order valence-corrected chi connectivity index (χ2v) is 8.69. The van der Waals surface area contributed by atoms with E-state index in [2.05, 4.69) is 25.2 Å². The molecule has 0 fully saturated rings. The Morgan fingerprint density at radius 2 is 2.00 bits per heavy atom. The Bertz CT molecular complexity index is 780. The van der Waals surface area contributed by atoms with Crippen molar-refractivity contribution in [3.8, 4) is 0 Å². The highest BCUT2D eigenvalue weighted by Crippen LogP contribution is 2.42. The van der Waals surface area contributed by atoms with E-state index >= 15 is 0 Å². The van der Waals surface area contributed by atoms with Crippen molar-refractivity contribution < 1.29 is 19.1 Å².